The van der Waals surface area contributed by atoms with Gasteiger partial charge in [-0.1, -0.05) is 18.2 Å². The average molecular weight is 325 g/mol. The van der Waals surface area contributed by atoms with Gasteiger partial charge in [0.1, 0.15) is 11.6 Å². The van der Waals surface area contributed by atoms with Crippen LogP contribution in [0, 0.1) is 11.6 Å². The third-order valence-corrected chi connectivity index (χ3v) is 3.55. The summed E-state index contributed by atoms with van der Waals surface area (Å²) in [5.41, 5.74) is 2.52. The largest absolute Gasteiger partial charge is 0.478 e. The number of rotatable bonds is 4. The number of carbonyl (C=O) groups is 1. The van der Waals surface area contributed by atoms with E-state index in [0.29, 0.717) is 11.4 Å². The molecular weight excluding hydrogens is 312 g/mol. The maximum atomic E-state index is 13.1. The first kappa shape index (κ1) is 15.7. The lowest BCUT2D eigenvalue weighted by atomic mass is 10.0. The summed E-state index contributed by atoms with van der Waals surface area (Å²) in [7, 11) is 0. The maximum absolute atomic E-state index is 13.1. The fraction of sp³-hybridized carbons (Fsp3) is 0. The molecule has 0 saturated carbocycles. The predicted octanol–water partition coefficient (Wildman–Crippen LogP) is 5.07. The van der Waals surface area contributed by atoms with Gasteiger partial charge in [-0.25, -0.2) is 13.6 Å². The minimum atomic E-state index is -1.08. The monoisotopic (exact) mass is 325 g/mol. The van der Waals surface area contributed by atoms with Crippen LogP contribution in [0.25, 0.3) is 11.1 Å². The molecule has 0 aliphatic heterocycles. The Kier molecular flexibility index (Phi) is 4.24. The van der Waals surface area contributed by atoms with Gasteiger partial charge in [-0.3, -0.25) is 0 Å². The molecule has 0 unspecified atom stereocenters. The van der Waals surface area contributed by atoms with Crippen LogP contribution in [0.1, 0.15) is 10.4 Å². The smallest absolute Gasteiger partial charge is 0.337 e. The molecule has 0 aromatic heterocycles. The van der Waals surface area contributed by atoms with Crippen LogP contribution in [0.2, 0.25) is 0 Å². The van der Waals surface area contributed by atoms with Crippen molar-refractivity contribution in [3.63, 3.8) is 0 Å². The Bertz CT molecular complexity index is 875. The van der Waals surface area contributed by atoms with Gasteiger partial charge in [0.25, 0.3) is 0 Å². The molecule has 3 rings (SSSR count). The molecule has 0 fully saturated rings. The van der Waals surface area contributed by atoms with Crippen LogP contribution >= 0.6 is 0 Å². The third kappa shape index (κ3) is 3.41. The summed E-state index contributed by atoms with van der Waals surface area (Å²) in [6, 6.07) is 16.3. The number of benzene rings is 3. The fourth-order valence-electron chi connectivity index (χ4n) is 2.34. The van der Waals surface area contributed by atoms with Gasteiger partial charge in [0.15, 0.2) is 0 Å². The van der Waals surface area contributed by atoms with E-state index in [4.69, 9.17) is 0 Å². The Morgan fingerprint density at radius 1 is 0.792 bits per heavy atom. The zero-order valence-corrected chi connectivity index (χ0v) is 12.5. The molecule has 0 saturated heterocycles. The molecule has 3 aromatic rings. The zero-order valence-electron chi connectivity index (χ0n) is 12.5. The van der Waals surface area contributed by atoms with Crippen molar-refractivity contribution in [2.45, 2.75) is 0 Å². The highest BCUT2D eigenvalue weighted by atomic mass is 19.1. The molecule has 0 aliphatic rings. The fourth-order valence-corrected chi connectivity index (χ4v) is 2.34. The standard InChI is InChI=1S/C19H13F2NO2/c20-14-4-1-12(2-5-14)13-3-10-17(19(23)24)18(11-13)22-16-8-6-15(21)7-9-16/h1-11,22H,(H,23,24). The van der Waals surface area contributed by atoms with Crippen molar-refractivity contribution < 1.29 is 18.7 Å². The van der Waals surface area contributed by atoms with E-state index in [1.54, 1.807) is 24.3 Å². The summed E-state index contributed by atoms with van der Waals surface area (Å²) in [5, 5.41) is 12.3. The van der Waals surface area contributed by atoms with E-state index in [-0.39, 0.29) is 17.2 Å². The summed E-state index contributed by atoms with van der Waals surface area (Å²) < 4.78 is 26.0. The van der Waals surface area contributed by atoms with Crippen molar-refractivity contribution in [2.75, 3.05) is 5.32 Å². The van der Waals surface area contributed by atoms with Crippen molar-refractivity contribution in [1.29, 1.82) is 0 Å². The summed E-state index contributed by atoms with van der Waals surface area (Å²) >= 11 is 0. The first-order valence-electron chi connectivity index (χ1n) is 7.19. The number of carboxylic acids is 1. The zero-order chi connectivity index (χ0) is 17.1. The number of aromatic carboxylic acids is 1. The van der Waals surface area contributed by atoms with Crippen molar-refractivity contribution in [1.82, 2.24) is 0 Å². The number of nitrogens with one attached hydrogen (secondary N) is 1. The van der Waals surface area contributed by atoms with Crippen molar-refractivity contribution in [3.05, 3.63) is 83.9 Å². The van der Waals surface area contributed by atoms with Crippen LogP contribution < -0.4 is 5.32 Å². The minimum absolute atomic E-state index is 0.0881. The SMILES string of the molecule is O=C(O)c1ccc(-c2ccc(F)cc2)cc1Nc1ccc(F)cc1. The van der Waals surface area contributed by atoms with E-state index in [2.05, 4.69) is 5.32 Å². The maximum Gasteiger partial charge on any atom is 0.337 e. The Morgan fingerprint density at radius 3 is 1.92 bits per heavy atom. The number of anilines is 2. The third-order valence-electron chi connectivity index (χ3n) is 3.55. The molecule has 0 atom stereocenters. The first-order valence-corrected chi connectivity index (χ1v) is 7.19. The van der Waals surface area contributed by atoms with E-state index < -0.39 is 5.97 Å². The molecule has 0 radical (unpaired) electrons. The topological polar surface area (TPSA) is 49.3 Å². The van der Waals surface area contributed by atoms with Crippen molar-refractivity contribution in [2.24, 2.45) is 0 Å². The highest BCUT2D eigenvalue weighted by molar-refractivity contribution is 5.96. The van der Waals surface area contributed by atoms with Crippen LogP contribution in [-0.4, -0.2) is 11.1 Å². The lowest BCUT2D eigenvalue weighted by Gasteiger charge is -2.12. The predicted molar refractivity (Wildman–Crippen MR) is 88.5 cm³/mol. The first-order chi connectivity index (χ1) is 11.5. The van der Waals surface area contributed by atoms with Gasteiger partial charge in [-0.15, -0.1) is 0 Å². The molecule has 2 N–H and O–H groups in total. The normalized spacial score (nSPS) is 10.4. The second-order valence-electron chi connectivity index (χ2n) is 5.20. The summed E-state index contributed by atoms with van der Waals surface area (Å²) in [5.74, 6) is -1.80. The van der Waals surface area contributed by atoms with Gasteiger partial charge in [0, 0.05) is 5.69 Å². The second kappa shape index (κ2) is 6.50. The van der Waals surface area contributed by atoms with E-state index in [1.165, 1.54) is 42.5 Å². The highest BCUT2D eigenvalue weighted by Crippen LogP contribution is 2.28. The Morgan fingerprint density at radius 2 is 1.33 bits per heavy atom. The van der Waals surface area contributed by atoms with E-state index in [9.17, 15) is 18.7 Å². The molecule has 0 spiro atoms. The Balaban J connectivity index is 2.01. The molecule has 24 heavy (non-hydrogen) atoms. The van der Waals surface area contributed by atoms with Crippen LogP contribution in [0.4, 0.5) is 20.2 Å². The quantitative estimate of drug-likeness (QED) is 0.704. The minimum Gasteiger partial charge on any atom is -0.478 e. The second-order valence-corrected chi connectivity index (χ2v) is 5.20. The highest BCUT2D eigenvalue weighted by Gasteiger charge is 2.12. The van der Waals surface area contributed by atoms with Crippen LogP contribution in [-0.2, 0) is 0 Å². The van der Waals surface area contributed by atoms with E-state index >= 15 is 0 Å². The number of hydrogen-bond acceptors (Lipinski definition) is 2. The lowest BCUT2D eigenvalue weighted by Crippen LogP contribution is -2.03. The molecule has 0 heterocycles. The lowest BCUT2D eigenvalue weighted by molar-refractivity contribution is 0.0698. The Hall–Kier alpha value is -3.21. The average Bonchev–Trinajstić information content (AvgIpc) is 2.57. The summed E-state index contributed by atoms with van der Waals surface area (Å²) in [6.45, 7) is 0. The molecular formula is C19H13F2NO2. The van der Waals surface area contributed by atoms with Gasteiger partial charge >= 0.3 is 5.97 Å². The number of halogens is 2. The molecule has 3 nitrogen and oxygen atoms in total. The molecule has 3 aromatic carbocycles. The van der Waals surface area contributed by atoms with Crippen LogP contribution in [0.3, 0.4) is 0 Å². The van der Waals surface area contributed by atoms with Gasteiger partial charge in [0.2, 0.25) is 0 Å². The van der Waals surface area contributed by atoms with E-state index in [0.717, 1.165) is 11.1 Å². The van der Waals surface area contributed by atoms with Crippen LogP contribution in [0.5, 0.6) is 0 Å². The van der Waals surface area contributed by atoms with Crippen LogP contribution in [0.15, 0.2) is 66.7 Å². The molecule has 0 bridgehead atoms. The molecule has 0 aliphatic carbocycles. The van der Waals surface area contributed by atoms with E-state index in [1.807, 2.05) is 0 Å². The molecule has 0 amide bonds. The summed E-state index contributed by atoms with van der Waals surface area (Å²) in [6.07, 6.45) is 0. The molecule has 120 valence electrons. The van der Waals surface area contributed by atoms with Gasteiger partial charge < -0.3 is 10.4 Å². The van der Waals surface area contributed by atoms with Crippen molar-refractivity contribution in [3.8, 4) is 11.1 Å². The number of carboxylic acid groups (broad SMARTS) is 1. The van der Waals surface area contributed by atoms with Gasteiger partial charge in [-0.2, -0.15) is 0 Å². The number of hydrogen-bond donors (Lipinski definition) is 2. The van der Waals surface area contributed by atoms with Gasteiger partial charge in [0.05, 0.1) is 11.3 Å². The van der Waals surface area contributed by atoms with Gasteiger partial charge in [-0.05, 0) is 59.7 Å². The molecule has 5 heteroatoms. The Labute approximate surface area is 137 Å². The summed E-state index contributed by atoms with van der Waals surface area (Å²) in [4.78, 5) is 11.4. The van der Waals surface area contributed by atoms with Crippen molar-refractivity contribution >= 4 is 17.3 Å².